The molecule has 0 radical (unpaired) electrons. The van der Waals surface area contributed by atoms with Crippen molar-refractivity contribution in [3.8, 4) is 0 Å². The Labute approximate surface area is 57.9 Å². The van der Waals surface area contributed by atoms with Crippen LogP contribution >= 0.6 is 0 Å². The minimum absolute atomic E-state index is 0.125. The van der Waals surface area contributed by atoms with E-state index in [1.165, 1.54) is 0 Å². The second-order valence-corrected chi connectivity index (χ2v) is 2.98. The highest BCUT2D eigenvalue weighted by atomic mass is 14.8. The van der Waals surface area contributed by atoms with Crippen LogP contribution in [0.1, 0.15) is 34.1 Å². The molecular formula is C8H15N. The van der Waals surface area contributed by atoms with Gasteiger partial charge in [-0.05, 0) is 0 Å². The first-order chi connectivity index (χ1) is 4.06. The van der Waals surface area contributed by atoms with E-state index in [1.807, 2.05) is 6.92 Å². The summed E-state index contributed by atoms with van der Waals surface area (Å²) < 4.78 is 0. The van der Waals surface area contributed by atoms with Crippen LogP contribution in [0.4, 0.5) is 0 Å². The maximum absolute atomic E-state index is 6.91. The van der Waals surface area contributed by atoms with Gasteiger partial charge in [0.15, 0.2) is 0 Å². The van der Waals surface area contributed by atoms with Crippen LogP contribution in [0.5, 0.6) is 0 Å². The molecule has 0 amide bonds. The average Bonchev–Trinajstić information content (AvgIpc) is 1.86. The van der Waals surface area contributed by atoms with Crippen molar-refractivity contribution in [2.24, 2.45) is 5.92 Å². The zero-order valence-electron chi connectivity index (χ0n) is 6.73. The summed E-state index contributed by atoms with van der Waals surface area (Å²) in [6.45, 7) is 15.2. The lowest BCUT2D eigenvalue weighted by Gasteiger charge is -2.18. The Morgan fingerprint density at radius 3 is 2.00 bits per heavy atom. The Bertz CT molecular complexity index is 121. The molecule has 1 unspecified atom stereocenters. The molecule has 0 aromatic carbocycles. The second kappa shape index (κ2) is 2.87. The first kappa shape index (κ1) is 8.49. The number of hydrogen-bond donors (Lipinski definition) is 0. The van der Waals surface area contributed by atoms with Crippen molar-refractivity contribution in [1.82, 2.24) is 0 Å². The lowest BCUT2D eigenvalue weighted by atomic mass is 9.87. The van der Waals surface area contributed by atoms with Gasteiger partial charge in [-0.15, -0.1) is 0 Å². The molecule has 0 bridgehead atoms. The van der Waals surface area contributed by atoms with Crippen molar-refractivity contribution in [3.05, 3.63) is 11.4 Å². The van der Waals surface area contributed by atoms with Gasteiger partial charge in [0, 0.05) is 19.3 Å². The third-order valence-corrected chi connectivity index (χ3v) is 2.21. The van der Waals surface area contributed by atoms with E-state index in [9.17, 15) is 0 Å². The van der Waals surface area contributed by atoms with Gasteiger partial charge in [-0.3, -0.25) is 0 Å². The van der Waals surface area contributed by atoms with Crippen LogP contribution in [0.15, 0.2) is 0 Å². The predicted molar refractivity (Wildman–Crippen MR) is 40.1 cm³/mol. The number of rotatable bonds is 2. The van der Waals surface area contributed by atoms with E-state index in [2.05, 4.69) is 25.6 Å². The van der Waals surface area contributed by atoms with Gasteiger partial charge in [0.1, 0.15) is 0 Å². The zero-order valence-corrected chi connectivity index (χ0v) is 6.73. The molecule has 9 heavy (non-hydrogen) atoms. The Kier molecular flexibility index (Phi) is 2.70. The molecule has 0 spiro atoms. The van der Waals surface area contributed by atoms with Crippen LogP contribution in [-0.2, 0) is 0 Å². The summed E-state index contributed by atoms with van der Waals surface area (Å²) >= 11 is 0. The smallest absolute Gasteiger partial charge is 0.231 e. The normalized spacial score (nSPS) is 16.9. The molecule has 0 aliphatic heterocycles. The van der Waals surface area contributed by atoms with Crippen LogP contribution in [-0.4, -0.2) is 5.54 Å². The van der Waals surface area contributed by atoms with Gasteiger partial charge in [0.2, 0.25) is 5.54 Å². The molecule has 1 nitrogen and oxygen atoms in total. The molecule has 0 aromatic heterocycles. The fourth-order valence-corrected chi connectivity index (χ4v) is 0.616. The second-order valence-electron chi connectivity index (χ2n) is 2.98. The zero-order chi connectivity index (χ0) is 7.49. The van der Waals surface area contributed by atoms with E-state index in [-0.39, 0.29) is 5.54 Å². The molecule has 0 saturated carbocycles. The summed E-state index contributed by atoms with van der Waals surface area (Å²) in [5, 5.41) is 0. The van der Waals surface area contributed by atoms with Gasteiger partial charge in [0.05, 0.1) is 0 Å². The molecule has 1 atom stereocenters. The highest BCUT2D eigenvalue weighted by molar-refractivity contribution is 4.95. The fourth-order valence-electron chi connectivity index (χ4n) is 0.616. The minimum Gasteiger partial charge on any atom is -0.310 e. The highest BCUT2D eigenvalue weighted by Crippen LogP contribution is 2.24. The summed E-state index contributed by atoms with van der Waals surface area (Å²) in [7, 11) is 0. The summed E-state index contributed by atoms with van der Waals surface area (Å²) in [6.07, 6.45) is 0.953. The fraction of sp³-hybridized carbons (Fsp3) is 0.875. The highest BCUT2D eigenvalue weighted by Gasteiger charge is 2.31. The maximum atomic E-state index is 6.91. The predicted octanol–water partition coefficient (Wildman–Crippen LogP) is 2.73. The Morgan fingerprint density at radius 2 is 2.00 bits per heavy atom. The van der Waals surface area contributed by atoms with E-state index >= 15 is 0 Å². The van der Waals surface area contributed by atoms with Crippen molar-refractivity contribution in [2.45, 2.75) is 39.7 Å². The topological polar surface area (TPSA) is 4.36 Å². The van der Waals surface area contributed by atoms with Gasteiger partial charge in [-0.2, -0.15) is 0 Å². The van der Waals surface area contributed by atoms with E-state index in [4.69, 9.17) is 6.57 Å². The van der Waals surface area contributed by atoms with Crippen molar-refractivity contribution in [3.63, 3.8) is 0 Å². The maximum Gasteiger partial charge on any atom is 0.231 e. The average molecular weight is 125 g/mol. The number of nitrogens with zero attached hydrogens (tertiary/aromatic N) is 1. The van der Waals surface area contributed by atoms with Gasteiger partial charge in [-0.25, -0.2) is 6.57 Å². The van der Waals surface area contributed by atoms with Gasteiger partial charge < -0.3 is 4.85 Å². The summed E-state index contributed by atoms with van der Waals surface area (Å²) in [4.78, 5) is 3.59. The molecule has 1 heteroatoms. The molecule has 0 fully saturated rings. The molecular weight excluding hydrogens is 110 g/mol. The molecule has 0 N–H and O–H groups in total. The van der Waals surface area contributed by atoms with Crippen LogP contribution in [0, 0.1) is 12.5 Å². The van der Waals surface area contributed by atoms with Crippen molar-refractivity contribution < 1.29 is 0 Å². The lowest BCUT2D eigenvalue weighted by Crippen LogP contribution is -2.25. The van der Waals surface area contributed by atoms with Crippen LogP contribution in [0.2, 0.25) is 0 Å². The van der Waals surface area contributed by atoms with Crippen molar-refractivity contribution in [2.75, 3.05) is 0 Å². The third-order valence-electron chi connectivity index (χ3n) is 2.21. The Balaban J connectivity index is 4.14. The molecule has 0 aromatic rings. The van der Waals surface area contributed by atoms with Crippen LogP contribution in [0.25, 0.3) is 4.85 Å². The van der Waals surface area contributed by atoms with Crippen molar-refractivity contribution in [1.29, 1.82) is 0 Å². The monoisotopic (exact) mass is 125 g/mol. The SMILES string of the molecule is [C-]#[N+]C(C)(CC)C(C)C. The molecule has 0 rings (SSSR count). The molecule has 0 heterocycles. The van der Waals surface area contributed by atoms with Gasteiger partial charge in [0.25, 0.3) is 0 Å². The molecule has 52 valence electrons. The molecule has 0 aliphatic rings. The van der Waals surface area contributed by atoms with E-state index in [1.54, 1.807) is 0 Å². The molecule has 0 saturated heterocycles. The van der Waals surface area contributed by atoms with Gasteiger partial charge >= 0.3 is 0 Å². The summed E-state index contributed by atoms with van der Waals surface area (Å²) in [5.41, 5.74) is -0.125. The largest absolute Gasteiger partial charge is 0.310 e. The Morgan fingerprint density at radius 1 is 1.56 bits per heavy atom. The quantitative estimate of drug-likeness (QED) is 0.500. The van der Waals surface area contributed by atoms with E-state index in [0.717, 1.165) is 6.42 Å². The standard InChI is InChI=1S/C8H15N/c1-6-8(4,9-5)7(2)3/h7H,6H2,1-4H3. The lowest BCUT2D eigenvalue weighted by molar-refractivity contribution is 0.390. The minimum atomic E-state index is -0.125. The third kappa shape index (κ3) is 1.71. The molecule has 0 aliphatic carbocycles. The summed E-state index contributed by atoms with van der Waals surface area (Å²) in [5.74, 6) is 0.472. The van der Waals surface area contributed by atoms with E-state index in [0.29, 0.717) is 5.92 Å². The van der Waals surface area contributed by atoms with Crippen LogP contribution < -0.4 is 0 Å². The summed E-state index contributed by atoms with van der Waals surface area (Å²) in [6, 6.07) is 0. The van der Waals surface area contributed by atoms with Gasteiger partial charge in [-0.1, -0.05) is 20.8 Å². The van der Waals surface area contributed by atoms with Crippen LogP contribution in [0.3, 0.4) is 0 Å². The van der Waals surface area contributed by atoms with Crippen molar-refractivity contribution >= 4 is 0 Å². The Hall–Kier alpha value is -0.510. The number of hydrogen-bond acceptors (Lipinski definition) is 0. The first-order valence-electron chi connectivity index (χ1n) is 3.45. The van der Waals surface area contributed by atoms with E-state index < -0.39 is 0 Å². The first-order valence-corrected chi connectivity index (χ1v) is 3.45.